The summed E-state index contributed by atoms with van der Waals surface area (Å²) in [6.07, 6.45) is 0.768. The van der Waals surface area contributed by atoms with Crippen LogP contribution in [-0.2, 0) is 11.2 Å². The maximum Gasteiger partial charge on any atom is 0.323 e. The molecule has 1 aliphatic heterocycles. The minimum Gasteiger partial charge on any atom is -0.480 e. The van der Waals surface area contributed by atoms with Crippen LogP contribution in [0.5, 0.6) is 11.5 Å². The fraction of sp³-hybridized carbons (Fsp3) is 0.500. The molecular formula is C14H19NO4. The number of likely N-dealkylation sites (N-methyl/N-ethyl adjacent to an activating group) is 1. The van der Waals surface area contributed by atoms with Crippen molar-refractivity contribution in [3.05, 3.63) is 23.8 Å². The molecule has 5 heteroatoms. The molecule has 0 atom stereocenters. The van der Waals surface area contributed by atoms with Crippen molar-refractivity contribution in [2.75, 3.05) is 20.4 Å². The predicted molar refractivity (Wildman–Crippen MR) is 70.6 cm³/mol. The molecule has 0 amide bonds. The Morgan fingerprint density at radius 1 is 1.37 bits per heavy atom. The number of hydrogen-bond acceptors (Lipinski definition) is 4. The summed E-state index contributed by atoms with van der Waals surface area (Å²) in [7, 11) is 1.82. The van der Waals surface area contributed by atoms with E-state index in [9.17, 15) is 4.79 Å². The average molecular weight is 265 g/mol. The number of hydrogen-bond donors (Lipinski definition) is 1. The summed E-state index contributed by atoms with van der Waals surface area (Å²) in [5.41, 5.74) is 0.244. The zero-order valence-corrected chi connectivity index (χ0v) is 11.5. The quantitative estimate of drug-likeness (QED) is 0.879. The van der Waals surface area contributed by atoms with Crippen molar-refractivity contribution in [3.63, 3.8) is 0 Å². The third-order valence-corrected chi connectivity index (χ3v) is 3.65. The third kappa shape index (κ3) is 2.81. The fourth-order valence-corrected chi connectivity index (χ4v) is 1.84. The normalized spacial score (nSPS) is 13.9. The van der Waals surface area contributed by atoms with Crippen LogP contribution >= 0.6 is 0 Å². The summed E-state index contributed by atoms with van der Waals surface area (Å²) >= 11 is 0. The Kier molecular flexibility index (Phi) is 3.66. The van der Waals surface area contributed by atoms with Crippen LogP contribution in [0.2, 0.25) is 0 Å². The van der Waals surface area contributed by atoms with Crippen molar-refractivity contribution < 1.29 is 19.4 Å². The van der Waals surface area contributed by atoms with E-state index in [1.165, 1.54) is 0 Å². The lowest BCUT2D eigenvalue weighted by molar-refractivity contribution is -0.148. The molecule has 19 heavy (non-hydrogen) atoms. The molecular weight excluding hydrogens is 246 g/mol. The van der Waals surface area contributed by atoms with Crippen molar-refractivity contribution in [1.82, 2.24) is 4.90 Å². The molecule has 1 N–H and O–H groups in total. The standard InChI is InChI=1S/C14H19NO4/c1-14(2,13(16)17)15(3)7-6-10-4-5-11-12(8-10)19-9-18-11/h4-5,8H,6-7,9H2,1-3H3,(H,16,17). The highest BCUT2D eigenvalue weighted by molar-refractivity contribution is 5.77. The second-order valence-electron chi connectivity index (χ2n) is 5.22. The SMILES string of the molecule is CN(CCc1ccc2c(c1)OCO2)C(C)(C)C(=O)O. The Bertz CT molecular complexity index is 484. The van der Waals surface area contributed by atoms with Crippen molar-refractivity contribution >= 4 is 5.97 Å². The molecule has 0 aromatic heterocycles. The van der Waals surface area contributed by atoms with E-state index in [1.54, 1.807) is 13.8 Å². The maximum atomic E-state index is 11.1. The lowest BCUT2D eigenvalue weighted by Gasteiger charge is -2.31. The highest BCUT2D eigenvalue weighted by Gasteiger charge is 2.31. The smallest absolute Gasteiger partial charge is 0.323 e. The molecule has 0 unspecified atom stereocenters. The number of nitrogens with zero attached hydrogens (tertiary/aromatic N) is 1. The van der Waals surface area contributed by atoms with Crippen LogP contribution in [0.15, 0.2) is 18.2 Å². The molecule has 0 bridgehead atoms. The lowest BCUT2D eigenvalue weighted by atomic mass is 10.0. The predicted octanol–water partition coefficient (Wildman–Crippen LogP) is 1.75. The molecule has 1 aliphatic rings. The van der Waals surface area contributed by atoms with E-state index in [0.717, 1.165) is 23.5 Å². The van der Waals surface area contributed by atoms with Gasteiger partial charge in [-0.2, -0.15) is 0 Å². The Morgan fingerprint density at radius 3 is 2.74 bits per heavy atom. The van der Waals surface area contributed by atoms with Crippen LogP contribution < -0.4 is 9.47 Å². The van der Waals surface area contributed by atoms with E-state index in [1.807, 2.05) is 30.1 Å². The van der Waals surface area contributed by atoms with Crippen LogP contribution in [0.25, 0.3) is 0 Å². The van der Waals surface area contributed by atoms with E-state index >= 15 is 0 Å². The summed E-state index contributed by atoms with van der Waals surface area (Å²) in [5.74, 6) is 0.710. The average Bonchev–Trinajstić information content (AvgIpc) is 2.82. The van der Waals surface area contributed by atoms with Crippen molar-refractivity contribution in [1.29, 1.82) is 0 Å². The molecule has 1 aromatic carbocycles. The van der Waals surface area contributed by atoms with E-state index in [2.05, 4.69) is 0 Å². The van der Waals surface area contributed by atoms with Gasteiger partial charge in [0.05, 0.1) is 0 Å². The molecule has 5 nitrogen and oxygen atoms in total. The first-order chi connectivity index (χ1) is 8.91. The molecule has 0 aliphatic carbocycles. The van der Waals surface area contributed by atoms with Gasteiger partial charge in [-0.3, -0.25) is 9.69 Å². The molecule has 2 rings (SSSR count). The van der Waals surface area contributed by atoms with Crippen molar-refractivity contribution in [2.24, 2.45) is 0 Å². The van der Waals surface area contributed by atoms with E-state index in [-0.39, 0.29) is 6.79 Å². The molecule has 0 fully saturated rings. The van der Waals surface area contributed by atoms with Gasteiger partial charge in [0, 0.05) is 6.54 Å². The van der Waals surface area contributed by atoms with Gasteiger partial charge in [0.2, 0.25) is 6.79 Å². The Hall–Kier alpha value is -1.75. The summed E-state index contributed by atoms with van der Waals surface area (Å²) in [5, 5.41) is 9.16. The number of benzene rings is 1. The first-order valence-electron chi connectivity index (χ1n) is 6.24. The number of aliphatic carboxylic acids is 1. The Labute approximate surface area is 112 Å². The number of carbonyl (C=O) groups is 1. The second-order valence-corrected chi connectivity index (χ2v) is 5.22. The van der Waals surface area contributed by atoms with Crippen molar-refractivity contribution in [3.8, 4) is 11.5 Å². The summed E-state index contributed by atoms with van der Waals surface area (Å²) in [6, 6.07) is 5.82. The van der Waals surface area contributed by atoms with Gasteiger partial charge in [-0.25, -0.2) is 0 Å². The zero-order valence-electron chi connectivity index (χ0n) is 11.5. The van der Waals surface area contributed by atoms with E-state index in [4.69, 9.17) is 14.6 Å². The Balaban J connectivity index is 1.97. The molecule has 0 saturated carbocycles. The number of fused-ring (bicyclic) bond motifs is 1. The summed E-state index contributed by atoms with van der Waals surface area (Å²) in [6.45, 7) is 4.34. The largest absolute Gasteiger partial charge is 0.480 e. The topological polar surface area (TPSA) is 59.0 Å². The molecule has 1 aromatic rings. The molecule has 0 saturated heterocycles. The van der Waals surface area contributed by atoms with Crippen LogP contribution in [-0.4, -0.2) is 41.9 Å². The lowest BCUT2D eigenvalue weighted by Crippen LogP contribution is -2.48. The van der Waals surface area contributed by atoms with Crippen LogP contribution in [0.4, 0.5) is 0 Å². The minimum absolute atomic E-state index is 0.269. The second kappa shape index (κ2) is 5.09. The molecule has 1 heterocycles. The molecule has 0 radical (unpaired) electrons. The third-order valence-electron chi connectivity index (χ3n) is 3.65. The molecule has 0 spiro atoms. The maximum absolute atomic E-state index is 11.1. The Morgan fingerprint density at radius 2 is 2.05 bits per heavy atom. The fourth-order valence-electron chi connectivity index (χ4n) is 1.84. The van der Waals surface area contributed by atoms with Gasteiger partial charge >= 0.3 is 5.97 Å². The van der Waals surface area contributed by atoms with Gasteiger partial charge in [0.25, 0.3) is 0 Å². The zero-order chi connectivity index (χ0) is 14.0. The monoisotopic (exact) mass is 265 g/mol. The summed E-state index contributed by atoms with van der Waals surface area (Å²) < 4.78 is 10.6. The summed E-state index contributed by atoms with van der Waals surface area (Å²) in [4.78, 5) is 13.0. The van der Waals surface area contributed by atoms with Gasteiger partial charge in [-0.1, -0.05) is 6.07 Å². The van der Waals surface area contributed by atoms with Crippen LogP contribution in [0.1, 0.15) is 19.4 Å². The highest BCUT2D eigenvalue weighted by Crippen LogP contribution is 2.32. The minimum atomic E-state index is -0.865. The van der Waals surface area contributed by atoms with Crippen molar-refractivity contribution in [2.45, 2.75) is 25.8 Å². The molecule has 104 valence electrons. The van der Waals surface area contributed by atoms with Gasteiger partial charge in [-0.05, 0) is 45.0 Å². The number of rotatable bonds is 5. The first kappa shape index (κ1) is 13.7. The van der Waals surface area contributed by atoms with Gasteiger partial charge in [0.1, 0.15) is 5.54 Å². The highest BCUT2D eigenvalue weighted by atomic mass is 16.7. The van der Waals surface area contributed by atoms with Crippen LogP contribution in [0.3, 0.4) is 0 Å². The van der Waals surface area contributed by atoms with Crippen LogP contribution in [0, 0.1) is 0 Å². The van der Waals surface area contributed by atoms with Gasteiger partial charge < -0.3 is 14.6 Å². The first-order valence-corrected chi connectivity index (χ1v) is 6.24. The van der Waals surface area contributed by atoms with Gasteiger partial charge in [-0.15, -0.1) is 0 Å². The number of carboxylic acids is 1. The van der Waals surface area contributed by atoms with E-state index in [0.29, 0.717) is 6.54 Å². The number of ether oxygens (including phenoxy) is 2. The number of carboxylic acid groups (broad SMARTS) is 1. The van der Waals surface area contributed by atoms with E-state index < -0.39 is 11.5 Å². The van der Waals surface area contributed by atoms with Gasteiger partial charge in [0.15, 0.2) is 11.5 Å².